The molecule has 0 amide bonds. The van der Waals surface area contributed by atoms with Crippen molar-refractivity contribution in [2.75, 3.05) is 18.0 Å². The Bertz CT molecular complexity index is 989. The number of hydrogen-bond acceptors (Lipinski definition) is 4. The lowest BCUT2D eigenvalue weighted by Crippen LogP contribution is -2.19. The predicted octanol–water partition coefficient (Wildman–Crippen LogP) is 4.04. The minimum Gasteiger partial charge on any atom is -0.370 e. The number of nitrogens with zero attached hydrogens (tertiary/aromatic N) is 3. The van der Waals surface area contributed by atoms with Crippen molar-refractivity contribution in [1.29, 1.82) is 0 Å². The van der Waals surface area contributed by atoms with Crippen LogP contribution in [-0.2, 0) is 0 Å². The van der Waals surface area contributed by atoms with E-state index < -0.39 is 0 Å². The summed E-state index contributed by atoms with van der Waals surface area (Å²) >= 11 is 6.79. The van der Waals surface area contributed by atoms with E-state index in [0.717, 1.165) is 52.0 Å². The molecule has 0 atom stereocenters. The van der Waals surface area contributed by atoms with Gasteiger partial charge in [-0.3, -0.25) is 0 Å². The Morgan fingerprint density at radius 3 is 2.92 bits per heavy atom. The van der Waals surface area contributed by atoms with Crippen molar-refractivity contribution in [3.05, 3.63) is 53.6 Å². The molecule has 5 rings (SSSR count). The standard InChI is InChI=1S/C19H18ClN5/c1-11-21-7-8-25(11)16-4-2-3-15(24-16)14-10-23-19-17(18(14)20)13(9-22-19)12-5-6-12/h2-4,9-10,12,21H,1,5-8H2,(H,22,23). The molecule has 5 nitrogen and oxygen atoms in total. The van der Waals surface area contributed by atoms with Crippen molar-refractivity contribution in [3.63, 3.8) is 0 Å². The van der Waals surface area contributed by atoms with Crippen LogP contribution in [0.5, 0.6) is 0 Å². The molecule has 0 spiro atoms. The zero-order valence-electron chi connectivity index (χ0n) is 13.7. The van der Waals surface area contributed by atoms with E-state index in [1.165, 1.54) is 18.4 Å². The van der Waals surface area contributed by atoms with Gasteiger partial charge in [-0.25, -0.2) is 9.97 Å². The zero-order valence-corrected chi connectivity index (χ0v) is 14.5. The van der Waals surface area contributed by atoms with Crippen molar-refractivity contribution < 1.29 is 0 Å². The fourth-order valence-corrected chi connectivity index (χ4v) is 3.84. The van der Waals surface area contributed by atoms with Crippen LogP contribution >= 0.6 is 11.6 Å². The number of nitrogens with one attached hydrogen (secondary N) is 2. The normalized spacial score (nSPS) is 17.3. The van der Waals surface area contributed by atoms with E-state index >= 15 is 0 Å². The quantitative estimate of drug-likeness (QED) is 0.747. The second-order valence-corrected chi connectivity index (χ2v) is 7.01. The Labute approximate surface area is 150 Å². The van der Waals surface area contributed by atoms with Crippen LogP contribution in [-0.4, -0.2) is 28.0 Å². The number of aromatic amines is 1. The summed E-state index contributed by atoms with van der Waals surface area (Å²) in [7, 11) is 0. The molecular weight excluding hydrogens is 334 g/mol. The van der Waals surface area contributed by atoms with Crippen LogP contribution < -0.4 is 10.2 Å². The highest BCUT2D eigenvalue weighted by molar-refractivity contribution is 6.38. The van der Waals surface area contributed by atoms with Gasteiger partial charge in [0.05, 0.1) is 16.5 Å². The maximum Gasteiger partial charge on any atom is 0.139 e. The molecule has 2 aliphatic rings. The first-order chi connectivity index (χ1) is 12.2. The molecule has 1 saturated carbocycles. The molecule has 2 fully saturated rings. The van der Waals surface area contributed by atoms with E-state index in [9.17, 15) is 0 Å². The molecular formula is C19H18ClN5. The van der Waals surface area contributed by atoms with Crippen molar-refractivity contribution in [2.45, 2.75) is 18.8 Å². The average Bonchev–Trinajstić information content (AvgIpc) is 3.23. The lowest BCUT2D eigenvalue weighted by molar-refractivity contribution is 0.949. The maximum absolute atomic E-state index is 6.79. The van der Waals surface area contributed by atoms with Crippen molar-refractivity contribution in [2.24, 2.45) is 0 Å². The van der Waals surface area contributed by atoms with Crippen molar-refractivity contribution in [1.82, 2.24) is 20.3 Å². The third-order valence-electron chi connectivity index (χ3n) is 4.96. The summed E-state index contributed by atoms with van der Waals surface area (Å²) in [5.74, 6) is 2.37. The number of fused-ring (bicyclic) bond motifs is 1. The molecule has 3 aromatic heterocycles. The van der Waals surface area contributed by atoms with Gasteiger partial charge in [-0.1, -0.05) is 24.2 Å². The lowest BCUT2D eigenvalue weighted by Gasteiger charge is -2.17. The summed E-state index contributed by atoms with van der Waals surface area (Å²) in [6.07, 6.45) is 6.31. The summed E-state index contributed by atoms with van der Waals surface area (Å²) < 4.78 is 0. The van der Waals surface area contributed by atoms with Crippen molar-refractivity contribution >= 4 is 28.5 Å². The molecule has 6 heteroatoms. The smallest absolute Gasteiger partial charge is 0.139 e. The summed E-state index contributed by atoms with van der Waals surface area (Å²) in [6.45, 7) is 5.78. The van der Waals surface area contributed by atoms with E-state index in [-0.39, 0.29) is 0 Å². The molecule has 1 aliphatic heterocycles. The number of hydrogen-bond donors (Lipinski definition) is 2. The van der Waals surface area contributed by atoms with Gasteiger partial charge in [0.2, 0.25) is 0 Å². The first-order valence-electron chi connectivity index (χ1n) is 8.55. The minimum absolute atomic E-state index is 0.613. The van der Waals surface area contributed by atoms with E-state index in [4.69, 9.17) is 16.6 Å². The average molecular weight is 352 g/mol. The number of rotatable bonds is 3. The zero-order chi connectivity index (χ0) is 17.0. The van der Waals surface area contributed by atoms with Gasteiger partial charge in [-0.05, 0) is 36.5 Å². The molecule has 0 bridgehead atoms. The molecule has 126 valence electrons. The van der Waals surface area contributed by atoms with E-state index in [1.54, 1.807) is 6.20 Å². The van der Waals surface area contributed by atoms with Gasteiger partial charge >= 0.3 is 0 Å². The fraction of sp³-hybridized carbons (Fsp3) is 0.263. The van der Waals surface area contributed by atoms with Gasteiger partial charge in [0.1, 0.15) is 11.5 Å². The summed E-state index contributed by atoms with van der Waals surface area (Å²) in [5, 5.41) is 5.01. The number of pyridine rings is 2. The van der Waals surface area contributed by atoms with Crippen LogP contribution in [0.4, 0.5) is 5.82 Å². The molecule has 4 heterocycles. The molecule has 0 radical (unpaired) electrons. The Morgan fingerprint density at radius 2 is 2.16 bits per heavy atom. The first kappa shape index (κ1) is 14.8. The third kappa shape index (κ3) is 2.38. The largest absolute Gasteiger partial charge is 0.370 e. The Balaban J connectivity index is 1.62. The van der Waals surface area contributed by atoms with Crippen LogP contribution in [0.3, 0.4) is 0 Å². The van der Waals surface area contributed by atoms with Gasteiger partial charge in [0.25, 0.3) is 0 Å². The van der Waals surface area contributed by atoms with Crippen LogP contribution in [0.25, 0.3) is 22.3 Å². The fourth-order valence-electron chi connectivity index (χ4n) is 3.49. The van der Waals surface area contributed by atoms with Crippen LogP contribution in [0.1, 0.15) is 24.3 Å². The van der Waals surface area contributed by atoms with Crippen LogP contribution in [0, 0.1) is 0 Å². The van der Waals surface area contributed by atoms with E-state index in [2.05, 4.69) is 33.0 Å². The Morgan fingerprint density at radius 1 is 1.28 bits per heavy atom. The van der Waals surface area contributed by atoms with E-state index in [0.29, 0.717) is 5.92 Å². The highest BCUT2D eigenvalue weighted by atomic mass is 35.5. The van der Waals surface area contributed by atoms with Crippen LogP contribution in [0.15, 0.2) is 43.0 Å². The maximum atomic E-state index is 6.79. The highest BCUT2D eigenvalue weighted by Crippen LogP contribution is 2.46. The van der Waals surface area contributed by atoms with Crippen LogP contribution in [0.2, 0.25) is 5.02 Å². The molecule has 2 N–H and O–H groups in total. The van der Waals surface area contributed by atoms with E-state index in [1.807, 2.05) is 18.2 Å². The molecule has 1 aliphatic carbocycles. The number of H-pyrrole nitrogens is 1. The third-order valence-corrected chi connectivity index (χ3v) is 5.36. The molecule has 0 unspecified atom stereocenters. The second-order valence-electron chi connectivity index (χ2n) is 6.63. The lowest BCUT2D eigenvalue weighted by atomic mass is 10.1. The van der Waals surface area contributed by atoms with Gasteiger partial charge in [0, 0.05) is 36.4 Å². The molecule has 1 saturated heterocycles. The second kappa shape index (κ2) is 5.49. The SMILES string of the molecule is C=C1NCCN1c1cccc(-c2cnc3[nH]cc(C4CC4)c3c2Cl)n1. The number of halogens is 1. The molecule has 0 aromatic carbocycles. The Kier molecular flexibility index (Phi) is 3.25. The monoisotopic (exact) mass is 351 g/mol. The topological polar surface area (TPSA) is 56.8 Å². The summed E-state index contributed by atoms with van der Waals surface area (Å²) in [4.78, 5) is 14.7. The van der Waals surface area contributed by atoms with Gasteiger partial charge < -0.3 is 15.2 Å². The highest BCUT2D eigenvalue weighted by Gasteiger charge is 2.28. The number of anilines is 1. The number of aromatic nitrogens is 3. The minimum atomic E-state index is 0.613. The van der Waals surface area contributed by atoms with Crippen molar-refractivity contribution in [3.8, 4) is 11.3 Å². The first-order valence-corrected chi connectivity index (χ1v) is 8.93. The van der Waals surface area contributed by atoms with Gasteiger partial charge in [-0.2, -0.15) is 0 Å². The predicted molar refractivity (Wildman–Crippen MR) is 101 cm³/mol. The molecule has 25 heavy (non-hydrogen) atoms. The Hall–Kier alpha value is -2.53. The summed E-state index contributed by atoms with van der Waals surface area (Å²) in [6, 6.07) is 5.98. The summed E-state index contributed by atoms with van der Waals surface area (Å²) in [5.41, 5.74) is 3.83. The van der Waals surface area contributed by atoms with Gasteiger partial charge in [-0.15, -0.1) is 0 Å². The van der Waals surface area contributed by atoms with Gasteiger partial charge in [0.15, 0.2) is 0 Å². The molecule has 3 aromatic rings.